The first kappa shape index (κ1) is 15.8. The molecule has 1 aromatic rings. The molecule has 2 atom stereocenters. The number of anilines is 1. The molecule has 4 nitrogen and oxygen atoms in total. The maximum atomic E-state index is 12.5. The zero-order chi connectivity index (χ0) is 15.3. The van der Waals surface area contributed by atoms with Gasteiger partial charge in [0.1, 0.15) is 5.75 Å². The Balaban J connectivity index is 2.01. The lowest BCUT2D eigenvalue weighted by molar-refractivity contribution is -0.122. The fraction of sp³-hybridized carbons (Fsp3) is 0.588. The number of amides is 1. The van der Waals surface area contributed by atoms with Crippen LogP contribution in [-0.4, -0.2) is 18.1 Å². The summed E-state index contributed by atoms with van der Waals surface area (Å²) in [6.07, 6.45) is 4.65. The molecule has 0 aromatic heterocycles. The first-order valence-electron chi connectivity index (χ1n) is 7.87. The third-order valence-corrected chi connectivity index (χ3v) is 4.05. The van der Waals surface area contributed by atoms with Crippen LogP contribution in [-0.2, 0) is 4.79 Å². The van der Waals surface area contributed by atoms with E-state index in [1.54, 1.807) is 0 Å². The molecule has 0 spiro atoms. The van der Waals surface area contributed by atoms with Gasteiger partial charge in [-0.25, -0.2) is 0 Å². The van der Waals surface area contributed by atoms with E-state index in [0.717, 1.165) is 43.5 Å². The van der Waals surface area contributed by atoms with E-state index in [9.17, 15) is 4.79 Å². The average molecular weight is 290 g/mol. The van der Waals surface area contributed by atoms with Crippen molar-refractivity contribution < 1.29 is 9.53 Å². The van der Waals surface area contributed by atoms with Crippen LogP contribution >= 0.6 is 0 Å². The molecule has 4 heteroatoms. The number of hydrogen-bond donors (Lipinski definition) is 2. The normalized spacial score (nSPS) is 25.4. The fourth-order valence-corrected chi connectivity index (χ4v) is 2.94. The van der Waals surface area contributed by atoms with Crippen molar-refractivity contribution in [3.05, 3.63) is 24.3 Å². The summed E-state index contributed by atoms with van der Waals surface area (Å²) in [7, 11) is 0. The fourth-order valence-electron chi connectivity index (χ4n) is 2.94. The Morgan fingerprint density at radius 1 is 1.52 bits per heavy atom. The number of carbonyl (C=O) groups excluding carboxylic acids is 1. The van der Waals surface area contributed by atoms with Crippen LogP contribution in [0.5, 0.6) is 5.75 Å². The second kappa shape index (κ2) is 6.94. The van der Waals surface area contributed by atoms with Crippen molar-refractivity contribution in [1.82, 2.24) is 0 Å². The van der Waals surface area contributed by atoms with Crippen molar-refractivity contribution in [3.8, 4) is 5.75 Å². The van der Waals surface area contributed by atoms with Gasteiger partial charge < -0.3 is 15.8 Å². The summed E-state index contributed by atoms with van der Waals surface area (Å²) in [6, 6.07) is 7.50. The van der Waals surface area contributed by atoms with Gasteiger partial charge in [0.2, 0.25) is 5.91 Å². The molecule has 1 aromatic carbocycles. The number of nitrogens with two attached hydrogens (primary N) is 1. The van der Waals surface area contributed by atoms with Gasteiger partial charge in [0.15, 0.2) is 0 Å². The summed E-state index contributed by atoms with van der Waals surface area (Å²) >= 11 is 0. The molecule has 0 bridgehead atoms. The van der Waals surface area contributed by atoms with E-state index in [4.69, 9.17) is 10.5 Å². The molecule has 116 valence electrons. The van der Waals surface area contributed by atoms with Gasteiger partial charge >= 0.3 is 0 Å². The first-order valence-corrected chi connectivity index (χ1v) is 7.87. The molecule has 1 fully saturated rings. The first-order chi connectivity index (χ1) is 10.0. The van der Waals surface area contributed by atoms with Gasteiger partial charge in [-0.05, 0) is 37.3 Å². The number of rotatable bonds is 5. The van der Waals surface area contributed by atoms with Gasteiger partial charge in [0.05, 0.1) is 12.1 Å². The van der Waals surface area contributed by atoms with Crippen LogP contribution in [0.3, 0.4) is 0 Å². The van der Waals surface area contributed by atoms with E-state index in [2.05, 4.69) is 19.2 Å². The molecule has 0 heterocycles. The standard InChI is InChI=1S/C17H26N2O2/c1-3-10-21-15-8-4-7-14(11-15)19-16(20)17(18)9-5-6-13(2)12-17/h4,7-8,11,13H,3,5-6,9-10,12,18H2,1-2H3,(H,19,20). The van der Waals surface area contributed by atoms with Gasteiger partial charge in [-0.2, -0.15) is 0 Å². The van der Waals surface area contributed by atoms with Gasteiger partial charge in [-0.15, -0.1) is 0 Å². The Hall–Kier alpha value is -1.55. The molecule has 1 aliphatic carbocycles. The molecular formula is C17H26N2O2. The van der Waals surface area contributed by atoms with Crippen LogP contribution in [0, 0.1) is 5.92 Å². The molecule has 3 N–H and O–H groups in total. The quantitative estimate of drug-likeness (QED) is 0.874. The maximum absolute atomic E-state index is 12.5. The summed E-state index contributed by atoms with van der Waals surface area (Å²) in [4.78, 5) is 12.5. The topological polar surface area (TPSA) is 64.3 Å². The van der Waals surface area contributed by atoms with Crippen LogP contribution in [0.25, 0.3) is 0 Å². The molecule has 1 saturated carbocycles. The lowest BCUT2D eigenvalue weighted by Gasteiger charge is -2.35. The number of carbonyl (C=O) groups is 1. The summed E-state index contributed by atoms with van der Waals surface area (Å²) in [5.74, 6) is 1.20. The zero-order valence-electron chi connectivity index (χ0n) is 13.0. The Morgan fingerprint density at radius 3 is 3.05 bits per heavy atom. The van der Waals surface area contributed by atoms with Crippen LogP contribution in [0.2, 0.25) is 0 Å². The van der Waals surface area contributed by atoms with Crippen molar-refractivity contribution in [2.45, 2.75) is 51.5 Å². The predicted molar refractivity (Wildman–Crippen MR) is 85.4 cm³/mol. The Bertz CT molecular complexity index is 489. The minimum atomic E-state index is -0.738. The van der Waals surface area contributed by atoms with E-state index >= 15 is 0 Å². The van der Waals surface area contributed by atoms with Crippen molar-refractivity contribution in [3.63, 3.8) is 0 Å². The Morgan fingerprint density at radius 2 is 2.33 bits per heavy atom. The molecule has 2 rings (SSSR count). The second-order valence-electron chi connectivity index (χ2n) is 6.19. The molecule has 21 heavy (non-hydrogen) atoms. The molecular weight excluding hydrogens is 264 g/mol. The monoisotopic (exact) mass is 290 g/mol. The van der Waals surface area contributed by atoms with Crippen LogP contribution < -0.4 is 15.8 Å². The summed E-state index contributed by atoms with van der Waals surface area (Å²) in [5.41, 5.74) is 6.32. The largest absolute Gasteiger partial charge is 0.494 e. The Kier molecular flexibility index (Phi) is 5.23. The van der Waals surface area contributed by atoms with E-state index in [1.165, 1.54) is 0 Å². The highest BCUT2D eigenvalue weighted by Gasteiger charge is 2.37. The molecule has 0 radical (unpaired) electrons. The van der Waals surface area contributed by atoms with Gasteiger partial charge in [-0.3, -0.25) is 4.79 Å². The number of benzene rings is 1. The van der Waals surface area contributed by atoms with Gasteiger partial charge in [0, 0.05) is 11.8 Å². The minimum absolute atomic E-state index is 0.0818. The third-order valence-electron chi connectivity index (χ3n) is 4.05. The van der Waals surface area contributed by atoms with Crippen LogP contribution in [0.1, 0.15) is 46.0 Å². The zero-order valence-corrected chi connectivity index (χ0v) is 13.0. The highest BCUT2D eigenvalue weighted by molar-refractivity contribution is 5.98. The van der Waals surface area contributed by atoms with E-state index in [0.29, 0.717) is 12.5 Å². The predicted octanol–water partition coefficient (Wildman–Crippen LogP) is 3.32. The molecule has 0 aliphatic heterocycles. The molecule has 1 aliphatic rings. The molecule has 1 amide bonds. The average Bonchev–Trinajstić information content (AvgIpc) is 2.45. The number of ether oxygens (including phenoxy) is 1. The van der Waals surface area contributed by atoms with Gasteiger partial charge in [-0.1, -0.05) is 32.8 Å². The van der Waals surface area contributed by atoms with Crippen molar-refractivity contribution in [2.75, 3.05) is 11.9 Å². The molecule has 2 unspecified atom stereocenters. The highest BCUT2D eigenvalue weighted by Crippen LogP contribution is 2.31. The lowest BCUT2D eigenvalue weighted by atomic mass is 9.76. The molecule has 0 saturated heterocycles. The SMILES string of the molecule is CCCOc1cccc(NC(=O)C2(N)CCCC(C)C2)c1. The number of nitrogens with one attached hydrogen (secondary N) is 1. The summed E-state index contributed by atoms with van der Waals surface area (Å²) in [6.45, 7) is 4.90. The third kappa shape index (κ3) is 4.21. The van der Waals surface area contributed by atoms with Crippen molar-refractivity contribution >= 4 is 11.6 Å². The van der Waals surface area contributed by atoms with Crippen molar-refractivity contribution in [1.29, 1.82) is 0 Å². The van der Waals surface area contributed by atoms with E-state index in [1.807, 2.05) is 24.3 Å². The summed E-state index contributed by atoms with van der Waals surface area (Å²) < 4.78 is 5.58. The van der Waals surface area contributed by atoms with Crippen LogP contribution in [0.4, 0.5) is 5.69 Å². The van der Waals surface area contributed by atoms with Gasteiger partial charge in [0.25, 0.3) is 0 Å². The number of hydrogen-bond acceptors (Lipinski definition) is 3. The minimum Gasteiger partial charge on any atom is -0.494 e. The highest BCUT2D eigenvalue weighted by atomic mass is 16.5. The summed E-state index contributed by atoms with van der Waals surface area (Å²) in [5, 5.41) is 2.95. The van der Waals surface area contributed by atoms with E-state index in [-0.39, 0.29) is 5.91 Å². The van der Waals surface area contributed by atoms with E-state index < -0.39 is 5.54 Å². The smallest absolute Gasteiger partial charge is 0.244 e. The maximum Gasteiger partial charge on any atom is 0.244 e. The second-order valence-corrected chi connectivity index (χ2v) is 6.19. The lowest BCUT2D eigenvalue weighted by Crippen LogP contribution is -2.53. The van der Waals surface area contributed by atoms with Crippen LogP contribution in [0.15, 0.2) is 24.3 Å². The Labute approximate surface area is 127 Å². The van der Waals surface area contributed by atoms with Crippen molar-refractivity contribution in [2.24, 2.45) is 11.7 Å².